The van der Waals surface area contributed by atoms with E-state index < -0.39 is 52.2 Å². The number of hydrogen-bond donors (Lipinski definition) is 2. The Bertz CT molecular complexity index is 1900. The lowest BCUT2D eigenvalue weighted by molar-refractivity contribution is -0.118. The SMILES string of the molecule is C=CCO/N=C(/CCC)C1=C(c2ccc(S(=O)(=O)O)c(C3=C(/C(CCC)=N\OCC=C)C(=O)CC(C)(C)C3)c2S(=O)(=O)O)CC(C)(C)CC1=O. The Morgan fingerprint density at radius 3 is 1.60 bits per heavy atom. The van der Waals surface area contributed by atoms with E-state index in [1.807, 2.05) is 27.7 Å². The van der Waals surface area contributed by atoms with E-state index in [4.69, 9.17) is 9.68 Å². The van der Waals surface area contributed by atoms with Crippen LogP contribution in [0, 0.1) is 10.8 Å². The van der Waals surface area contributed by atoms with Crippen LogP contribution < -0.4 is 0 Å². The molecule has 1 aromatic carbocycles. The molecule has 2 N–H and O–H groups in total. The van der Waals surface area contributed by atoms with Crippen LogP contribution in [-0.2, 0) is 39.5 Å². The maximum atomic E-state index is 14.0. The molecule has 0 aliphatic heterocycles. The standard InChI is InChI=1S/C36H48N2O10S2/c1-9-13-26(37-47-17-11-3)31-24(19-35(5,6)21-28(31)39)23-15-16-30(49(41,42)43)33(34(23)50(44,45)46)25-20-36(7,8)22-29(40)32(25)27(14-10-2)38-48-18-12-4/h11-12,15-16H,3-4,9-10,13-14,17-22H2,1-2,5-8H3,(H,41,42,43)(H,44,45,46)/b37-26-,38-27-. The van der Waals surface area contributed by atoms with Crippen LogP contribution in [0.3, 0.4) is 0 Å². The van der Waals surface area contributed by atoms with E-state index in [2.05, 4.69) is 23.5 Å². The third-order valence-corrected chi connectivity index (χ3v) is 10.2. The number of carbonyl (C=O) groups is 2. The molecular formula is C36H48N2O10S2. The van der Waals surface area contributed by atoms with Gasteiger partial charge >= 0.3 is 0 Å². The number of rotatable bonds is 16. The Morgan fingerprint density at radius 2 is 1.20 bits per heavy atom. The first-order chi connectivity index (χ1) is 23.2. The zero-order valence-corrected chi connectivity index (χ0v) is 31.3. The molecule has 0 saturated carbocycles. The van der Waals surface area contributed by atoms with Gasteiger partial charge in [0.2, 0.25) is 0 Å². The zero-order valence-electron chi connectivity index (χ0n) is 29.7. The van der Waals surface area contributed by atoms with E-state index >= 15 is 0 Å². The van der Waals surface area contributed by atoms with Crippen LogP contribution >= 0.6 is 0 Å². The minimum absolute atomic E-state index is 0.00353. The highest BCUT2D eigenvalue weighted by molar-refractivity contribution is 7.86. The molecule has 0 radical (unpaired) electrons. The molecule has 3 rings (SSSR count). The first kappa shape index (κ1) is 40.7. The molecule has 0 bridgehead atoms. The summed E-state index contributed by atoms with van der Waals surface area (Å²) in [6.07, 6.45) is 4.61. The summed E-state index contributed by atoms with van der Waals surface area (Å²) in [5.74, 6) is -0.804. The van der Waals surface area contributed by atoms with Gasteiger partial charge in [-0.25, -0.2) is 0 Å². The Kier molecular flexibility index (Phi) is 13.1. The lowest BCUT2D eigenvalue weighted by atomic mass is 9.69. The molecule has 12 nitrogen and oxygen atoms in total. The lowest BCUT2D eigenvalue weighted by Crippen LogP contribution is -2.31. The monoisotopic (exact) mass is 732 g/mol. The quantitative estimate of drug-likeness (QED) is 0.0580. The minimum Gasteiger partial charge on any atom is -0.391 e. The van der Waals surface area contributed by atoms with Gasteiger partial charge in [0, 0.05) is 35.1 Å². The lowest BCUT2D eigenvalue weighted by Gasteiger charge is -2.35. The van der Waals surface area contributed by atoms with Crippen molar-refractivity contribution in [2.45, 2.75) is 103 Å². The number of hydrogen-bond acceptors (Lipinski definition) is 10. The summed E-state index contributed by atoms with van der Waals surface area (Å²) < 4.78 is 75.1. The van der Waals surface area contributed by atoms with Crippen molar-refractivity contribution >= 4 is 54.4 Å². The summed E-state index contributed by atoms with van der Waals surface area (Å²) in [5, 5.41) is 8.38. The topological polar surface area (TPSA) is 186 Å². The van der Waals surface area contributed by atoms with Gasteiger partial charge in [-0.1, -0.05) is 96.1 Å². The summed E-state index contributed by atoms with van der Waals surface area (Å²) in [4.78, 5) is 37.0. The number of Topliss-reactive ketones (excluding diaryl/α,β-unsaturated/α-hetero) is 2. The molecule has 2 aliphatic carbocycles. The van der Waals surface area contributed by atoms with Crippen molar-refractivity contribution in [3.63, 3.8) is 0 Å². The average molecular weight is 733 g/mol. The van der Waals surface area contributed by atoms with Gasteiger partial charge in [-0.15, -0.1) is 0 Å². The van der Waals surface area contributed by atoms with E-state index in [-0.39, 0.29) is 96.8 Å². The van der Waals surface area contributed by atoms with E-state index in [0.717, 1.165) is 12.1 Å². The van der Waals surface area contributed by atoms with Crippen LogP contribution in [-0.4, -0.2) is 62.1 Å². The second-order valence-corrected chi connectivity index (χ2v) is 16.8. The minimum atomic E-state index is -5.35. The van der Waals surface area contributed by atoms with Crippen molar-refractivity contribution in [1.82, 2.24) is 0 Å². The second-order valence-electron chi connectivity index (χ2n) is 14.1. The molecule has 0 saturated heterocycles. The van der Waals surface area contributed by atoms with Gasteiger partial charge in [0.15, 0.2) is 11.6 Å². The molecule has 50 heavy (non-hydrogen) atoms. The van der Waals surface area contributed by atoms with Crippen LogP contribution in [0.4, 0.5) is 0 Å². The Hall–Kier alpha value is -3.72. The number of ketones is 2. The largest absolute Gasteiger partial charge is 0.391 e. The highest BCUT2D eigenvalue weighted by Gasteiger charge is 2.43. The fourth-order valence-corrected chi connectivity index (χ4v) is 8.32. The predicted octanol–water partition coefficient (Wildman–Crippen LogP) is 7.18. The second kappa shape index (κ2) is 16.1. The molecule has 0 amide bonds. The Morgan fingerprint density at radius 1 is 0.760 bits per heavy atom. The number of oxime groups is 2. The number of allylic oxidation sites excluding steroid dienone is 4. The molecule has 1 aromatic rings. The van der Waals surface area contributed by atoms with Crippen LogP contribution in [0.1, 0.15) is 104 Å². The van der Waals surface area contributed by atoms with Crippen molar-refractivity contribution in [1.29, 1.82) is 0 Å². The molecule has 0 fully saturated rings. The smallest absolute Gasteiger partial charge is 0.295 e. The maximum absolute atomic E-state index is 14.0. The van der Waals surface area contributed by atoms with Crippen LogP contribution in [0.2, 0.25) is 0 Å². The fraction of sp³-hybridized carbons (Fsp3) is 0.500. The maximum Gasteiger partial charge on any atom is 0.295 e. The summed E-state index contributed by atoms with van der Waals surface area (Å²) in [7, 11) is -10.5. The number of carbonyl (C=O) groups excluding carboxylic acids is 2. The molecule has 0 atom stereocenters. The molecule has 0 heterocycles. The van der Waals surface area contributed by atoms with Crippen LogP contribution in [0.5, 0.6) is 0 Å². The molecular weight excluding hydrogens is 685 g/mol. The van der Waals surface area contributed by atoms with Gasteiger partial charge in [-0.3, -0.25) is 18.7 Å². The third-order valence-electron chi connectivity index (χ3n) is 8.32. The summed E-state index contributed by atoms with van der Waals surface area (Å²) in [6.45, 7) is 18.1. The van der Waals surface area contributed by atoms with Gasteiger partial charge in [0.1, 0.15) is 23.0 Å². The molecule has 2 aliphatic rings. The van der Waals surface area contributed by atoms with Crippen LogP contribution in [0.25, 0.3) is 11.1 Å². The van der Waals surface area contributed by atoms with E-state index in [0.29, 0.717) is 12.8 Å². The highest BCUT2D eigenvalue weighted by atomic mass is 32.2. The van der Waals surface area contributed by atoms with E-state index in [1.165, 1.54) is 12.2 Å². The predicted molar refractivity (Wildman–Crippen MR) is 193 cm³/mol. The number of nitrogens with zero attached hydrogens (tertiary/aromatic N) is 2. The van der Waals surface area contributed by atoms with Crippen molar-refractivity contribution in [3.8, 4) is 0 Å². The van der Waals surface area contributed by atoms with Gasteiger partial charge in [-0.05, 0) is 53.7 Å². The zero-order chi connectivity index (χ0) is 37.7. The van der Waals surface area contributed by atoms with Crippen LogP contribution in [0.15, 0.2) is 68.7 Å². The average Bonchev–Trinajstić information content (AvgIpc) is 2.97. The molecule has 0 aromatic heterocycles. The Labute approximate surface area is 295 Å². The molecule has 14 heteroatoms. The van der Waals surface area contributed by atoms with E-state index in [1.54, 1.807) is 13.8 Å². The van der Waals surface area contributed by atoms with Crippen molar-refractivity contribution in [3.05, 3.63) is 59.7 Å². The Balaban J connectivity index is 2.72. The fourth-order valence-electron chi connectivity index (χ4n) is 6.57. The normalized spacial score (nSPS) is 18.7. The van der Waals surface area contributed by atoms with E-state index in [9.17, 15) is 35.5 Å². The van der Waals surface area contributed by atoms with Crippen molar-refractivity contribution in [2.75, 3.05) is 13.2 Å². The first-order valence-electron chi connectivity index (χ1n) is 16.5. The van der Waals surface area contributed by atoms with Crippen molar-refractivity contribution < 1.29 is 45.2 Å². The van der Waals surface area contributed by atoms with Gasteiger partial charge < -0.3 is 9.68 Å². The summed E-state index contributed by atoms with van der Waals surface area (Å²) >= 11 is 0. The molecule has 274 valence electrons. The van der Waals surface area contributed by atoms with Gasteiger partial charge in [-0.2, -0.15) is 16.8 Å². The summed E-state index contributed by atoms with van der Waals surface area (Å²) in [6, 6.07) is 2.18. The molecule has 0 spiro atoms. The molecule has 0 unspecified atom stereocenters. The van der Waals surface area contributed by atoms with Gasteiger partial charge in [0.05, 0.1) is 11.4 Å². The summed E-state index contributed by atoms with van der Waals surface area (Å²) in [5.41, 5.74) is -1.69. The third kappa shape index (κ3) is 9.53. The first-order valence-corrected chi connectivity index (χ1v) is 19.4. The highest BCUT2D eigenvalue weighted by Crippen LogP contribution is 2.50. The number of benzene rings is 1. The van der Waals surface area contributed by atoms with Gasteiger partial charge in [0.25, 0.3) is 20.2 Å². The van der Waals surface area contributed by atoms with Crippen molar-refractivity contribution in [2.24, 2.45) is 21.1 Å².